The summed E-state index contributed by atoms with van der Waals surface area (Å²) in [6, 6.07) is 5.85. The van der Waals surface area contributed by atoms with Gasteiger partial charge in [-0.05, 0) is 43.9 Å². The zero-order chi connectivity index (χ0) is 19.4. The number of fused-ring (bicyclic) bond motifs is 1. The number of imide groups is 1. The Morgan fingerprint density at radius 2 is 2.11 bits per heavy atom. The average Bonchev–Trinajstić information content (AvgIpc) is 3.18. The van der Waals surface area contributed by atoms with Crippen molar-refractivity contribution in [3.63, 3.8) is 0 Å². The third kappa shape index (κ3) is 2.88. The minimum absolute atomic E-state index is 0.101. The molecule has 2 aliphatic heterocycles. The molecule has 1 aromatic carbocycles. The van der Waals surface area contributed by atoms with Crippen LogP contribution in [0.4, 0.5) is 10.5 Å². The molecule has 144 valence electrons. The summed E-state index contributed by atoms with van der Waals surface area (Å²) in [6.07, 6.45) is 2.65. The van der Waals surface area contributed by atoms with Gasteiger partial charge in [0.2, 0.25) is 5.91 Å². The second kappa shape index (κ2) is 6.41. The van der Waals surface area contributed by atoms with Gasteiger partial charge in [-0.3, -0.25) is 14.5 Å². The Morgan fingerprint density at radius 1 is 1.29 bits per heavy atom. The topological polar surface area (TPSA) is 73.8 Å². The van der Waals surface area contributed by atoms with Crippen molar-refractivity contribution in [2.45, 2.75) is 32.2 Å². The van der Waals surface area contributed by atoms with Crippen LogP contribution in [0.25, 0.3) is 11.3 Å². The molecule has 1 aliphatic carbocycles. The van der Waals surface area contributed by atoms with Crippen LogP contribution in [0.1, 0.15) is 23.4 Å². The second-order valence-corrected chi connectivity index (χ2v) is 8.57. The molecule has 8 heteroatoms. The van der Waals surface area contributed by atoms with Crippen molar-refractivity contribution < 1.29 is 14.4 Å². The van der Waals surface area contributed by atoms with Crippen molar-refractivity contribution in [3.8, 4) is 11.3 Å². The van der Waals surface area contributed by atoms with Crippen LogP contribution in [0.15, 0.2) is 23.6 Å². The summed E-state index contributed by atoms with van der Waals surface area (Å²) < 4.78 is 0. The van der Waals surface area contributed by atoms with E-state index in [0.717, 1.165) is 51.7 Å². The first kappa shape index (κ1) is 17.4. The van der Waals surface area contributed by atoms with E-state index in [0.29, 0.717) is 6.54 Å². The lowest BCUT2D eigenvalue weighted by Crippen LogP contribution is -2.43. The fourth-order valence-electron chi connectivity index (χ4n) is 3.92. The highest BCUT2D eigenvalue weighted by molar-refractivity contribution is 7.09. The molecule has 0 N–H and O–H groups in total. The predicted octanol–water partition coefficient (Wildman–Crippen LogP) is 2.43. The van der Waals surface area contributed by atoms with Crippen LogP contribution in [0.5, 0.6) is 0 Å². The Hall–Kier alpha value is -2.74. The van der Waals surface area contributed by atoms with Gasteiger partial charge in [0, 0.05) is 29.2 Å². The molecule has 3 aliphatic rings. The minimum Gasteiger partial charge on any atom is -0.312 e. The standard InChI is InChI=1S/C20H20N4O3S/c1-12-21-16(11-28-12)13-2-5-17-14(8-13)6-7-22(17)18(25)10-24-19(26)9-23(20(24)27)15-3-4-15/h2,5,8,11,15H,3-4,6-7,9-10H2,1H3. The van der Waals surface area contributed by atoms with Crippen molar-refractivity contribution in [3.05, 3.63) is 34.2 Å². The number of carbonyl (C=O) groups is 3. The van der Waals surface area contributed by atoms with Crippen LogP contribution in [0.3, 0.4) is 0 Å². The fraction of sp³-hybridized carbons (Fsp3) is 0.400. The van der Waals surface area contributed by atoms with E-state index in [-0.39, 0.29) is 37.0 Å². The maximum Gasteiger partial charge on any atom is 0.327 e. The van der Waals surface area contributed by atoms with Crippen LogP contribution < -0.4 is 4.90 Å². The van der Waals surface area contributed by atoms with Crippen LogP contribution in [0.2, 0.25) is 0 Å². The minimum atomic E-state index is -0.325. The third-order valence-electron chi connectivity index (χ3n) is 5.56. The lowest BCUT2D eigenvalue weighted by atomic mass is 10.1. The molecule has 0 unspecified atom stereocenters. The van der Waals surface area contributed by atoms with E-state index in [4.69, 9.17) is 0 Å². The summed E-state index contributed by atoms with van der Waals surface area (Å²) in [5, 5.41) is 3.05. The van der Waals surface area contributed by atoms with Gasteiger partial charge in [-0.2, -0.15) is 0 Å². The summed E-state index contributed by atoms with van der Waals surface area (Å²) in [4.78, 5) is 46.4. The lowest BCUT2D eigenvalue weighted by molar-refractivity contribution is -0.129. The normalized spacial score (nSPS) is 19.0. The SMILES string of the molecule is Cc1nc(-c2ccc3c(c2)CCN3C(=O)CN2C(=O)CN(C3CC3)C2=O)cs1. The van der Waals surface area contributed by atoms with E-state index in [9.17, 15) is 14.4 Å². The molecular weight excluding hydrogens is 376 g/mol. The van der Waals surface area contributed by atoms with E-state index in [1.165, 1.54) is 0 Å². The summed E-state index contributed by atoms with van der Waals surface area (Å²) in [5.41, 5.74) is 3.94. The van der Waals surface area contributed by atoms with E-state index < -0.39 is 0 Å². The van der Waals surface area contributed by atoms with Crippen LogP contribution in [0, 0.1) is 6.92 Å². The van der Waals surface area contributed by atoms with E-state index >= 15 is 0 Å². The molecule has 1 saturated carbocycles. The molecule has 5 rings (SSSR count). The predicted molar refractivity (Wildman–Crippen MR) is 105 cm³/mol. The van der Waals surface area contributed by atoms with Crippen molar-refractivity contribution in [2.75, 3.05) is 24.5 Å². The van der Waals surface area contributed by atoms with Gasteiger partial charge in [0.1, 0.15) is 13.1 Å². The quantitative estimate of drug-likeness (QED) is 0.744. The molecule has 0 radical (unpaired) electrons. The molecule has 3 heterocycles. The van der Waals surface area contributed by atoms with Gasteiger partial charge in [0.25, 0.3) is 5.91 Å². The van der Waals surface area contributed by atoms with E-state index in [1.54, 1.807) is 21.1 Å². The van der Waals surface area contributed by atoms with Gasteiger partial charge in [-0.1, -0.05) is 6.07 Å². The molecule has 7 nitrogen and oxygen atoms in total. The van der Waals surface area contributed by atoms with Gasteiger partial charge < -0.3 is 9.80 Å². The number of hydrogen-bond donors (Lipinski definition) is 0. The molecule has 1 aromatic heterocycles. The van der Waals surface area contributed by atoms with Crippen LogP contribution >= 0.6 is 11.3 Å². The number of hydrogen-bond acceptors (Lipinski definition) is 5. The van der Waals surface area contributed by atoms with Crippen molar-refractivity contribution >= 4 is 34.9 Å². The first-order valence-corrected chi connectivity index (χ1v) is 10.4. The maximum atomic E-state index is 12.9. The van der Waals surface area contributed by atoms with Gasteiger partial charge in [0.15, 0.2) is 0 Å². The number of aryl methyl sites for hydroxylation is 1. The largest absolute Gasteiger partial charge is 0.327 e. The molecule has 0 spiro atoms. The first-order valence-electron chi connectivity index (χ1n) is 9.48. The molecule has 2 fully saturated rings. The highest BCUT2D eigenvalue weighted by Gasteiger charge is 2.44. The number of rotatable bonds is 4. The van der Waals surface area contributed by atoms with Crippen LogP contribution in [-0.2, 0) is 16.0 Å². The molecule has 0 atom stereocenters. The number of thiazole rings is 1. The Kier molecular flexibility index (Phi) is 3.97. The summed E-state index contributed by atoms with van der Waals surface area (Å²) in [7, 11) is 0. The Morgan fingerprint density at radius 3 is 2.82 bits per heavy atom. The highest BCUT2D eigenvalue weighted by atomic mass is 32.1. The Bertz CT molecular complexity index is 997. The number of amides is 4. The summed E-state index contributed by atoms with van der Waals surface area (Å²) in [6.45, 7) is 2.46. The third-order valence-corrected chi connectivity index (χ3v) is 6.33. The van der Waals surface area contributed by atoms with E-state index in [1.807, 2.05) is 24.4 Å². The van der Waals surface area contributed by atoms with Crippen LogP contribution in [-0.4, -0.2) is 58.3 Å². The zero-order valence-corrected chi connectivity index (χ0v) is 16.4. The number of urea groups is 1. The summed E-state index contributed by atoms with van der Waals surface area (Å²) >= 11 is 1.61. The number of nitrogens with zero attached hydrogens (tertiary/aromatic N) is 4. The number of benzene rings is 1. The molecular formula is C20H20N4O3S. The molecule has 1 saturated heterocycles. The molecule has 2 aromatic rings. The maximum absolute atomic E-state index is 12.9. The molecule has 28 heavy (non-hydrogen) atoms. The zero-order valence-electron chi connectivity index (χ0n) is 15.6. The number of carbonyl (C=O) groups excluding carboxylic acids is 3. The molecule has 4 amide bonds. The van der Waals surface area contributed by atoms with Gasteiger partial charge in [-0.15, -0.1) is 11.3 Å². The fourth-order valence-corrected chi connectivity index (χ4v) is 4.55. The van der Waals surface area contributed by atoms with Gasteiger partial charge in [0.05, 0.1) is 10.7 Å². The molecule has 0 bridgehead atoms. The smallest absolute Gasteiger partial charge is 0.312 e. The average molecular weight is 396 g/mol. The first-order chi connectivity index (χ1) is 13.5. The lowest BCUT2D eigenvalue weighted by Gasteiger charge is -2.21. The van der Waals surface area contributed by atoms with Crippen molar-refractivity contribution in [1.29, 1.82) is 0 Å². The van der Waals surface area contributed by atoms with Crippen molar-refractivity contribution in [2.24, 2.45) is 0 Å². The van der Waals surface area contributed by atoms with E-state index in [2.05, 4.69) is 11.1 Å². The Labute approximate surface area is 166 Å². The number of anilines is 1. The highest BCUT2D eigenvalue weighted by Crippen LogP contribution is 2.34. The van der Waals surface area contributed by atoms with Gasteiger partial charge >= 0.3 is 6.03 Å². The monoisotopic (exact) mass is 396 g/mol. The van der Waals surface area contributed by atoms with Gasteiger partial charge in [-0.25, -0.2) is 9.78 Å². The second-order valence-electron chi connectivity index (χ2n) is 7.51. The van der Waals surface area contributed by atoms with Crippen molar-refractivity contribution in [1.82, 2.24) is 14.8 Å². The summed E-state index contributed by atoms with van der Waals surface area (Å²) in [5.74, 6) is -0.491. The number of aromatic nitrogens is 1. The Balaban J connectivity index is 1.32.